The van der Waals surface area contributed by atoms with Crippen molar-refractivity contribution < 1.29 is 28.3 Å². The van der Waals surface area contributed by atoms with Crippen LogP contribution in [0.1, 0.15) is 0 Å². The molecule has 3 N–H and O–H groups in total. The lowest BCUT2D eigenvalue weighted by Crippen LogP contribution is -2.44. The van der Waals surface area contributed by atoms with Crippen LogP contribution in [0.15, 0.2) is 54.6 Å². The quantitative estimate of drug-likeness (QED) is 0.499. The summed E-state index contributed by atoms with van der Waals surface area (Å²) in [7, 11) is -3.76. The largest absolute Gasteiger partial charge is 0.457 e. The lowest BCUT2D eigenvalue weighted by Gasteiger charge is -2.24. The highest BCUT2D eigenvalue weighted by atomic mass is 32.2. The molecule has 0 spiro atoms. The van der Waals surface area contributed by atoms with Gasteiger partial charge in [-0.05, 0) is 36.4 Å². The summed E-state index contributed by atoms with van der Waals surface area (Å²) in [6, 6.07) is 15.2. The first-order valence-electron chi connectivity index (χ1n) is 7.24. The fourth-order valence-corrected chi connectivity index (χ4v) is 2.97. The molecule has 0 unspecified atom stereocenters. The third-order valence-electron chi connectivity index (χ3n) is 3.26. The second kappa shape index (κ2) is 7.97. The lowest BCUT2D eigenvalue weighted by atomic mass is 10.2. The number of aliphatic hydroxyl groups is 1. The molecular weight excluding hydrogens is 348 g/mol. The number of carbonyl (C=O) groups is 1. The van der Waals surface area contributed by atoms with Crippen LogP contribution in [0.25, 0.3) is 0 Å². The van der Waals surface area contributed by atoms with E-state index in [2.05, 4.69) is 0 Å². The summed E-state index contributed by atoms with van der Waals surface area (Å²) in [5.41, 5.74) is 1.52. The maximum atomic E-state index is 11.9. The van der Waals surface area contributed by atoms with Crippen LogP contribution in [-0.2, 0) is 14.8 Å². The molecular formula is C16H18N2O6S. The first-order valence-corrected chi connectivity index (χ1v) is 9.09. The summed E-state index contributed by atoms with van der Waals surface area (Å²) in [6.07, 6.45) is -0.773. The number of benzene rings is 2. The topological polar surface area (TPSA) is 116 Å². The molecule has 2 aromatic carbocycles. The molecule has 9 heteroatoms. The van der Waals surface area contributed by atoms with E-state index in [0.29, 0.717) is 11.5 Å². The molecule has 0 aliphatic heterocycles. The molecule has 0 saturated heterocycles. The number of amides is 1. The van der Waals surface area contributed by atoms with E-state index in [1.807, 2.05) is 18.2 Å². The Morgan fingerprint density at radius 2 is 1.68 bits per heavy atom. The molecule has 8 nitrogen and oxygen atoms in total. The molecule has 0 bridgehead atoms. The molecule has 0 aliphatic carbocycles. The van der Waals surface area contributed by atoms with E-state index in [-0.39, 0.29) is 5.69 Å². The number of para-hydroxylation sites is 1. The van der Waals surface area contributed by atoms with E-state index in [4.69, 9.17) is 9.94 Å². The molecule has 25 heavy (non-hydrogen) atoms. The van der Waals surface area contributed by atoms with Crippen LogP contribution >= 0.6 is 0 Å². The fourth-order valence-electron chi connectivity index (χ4n) is 2.05. The highest BCUT2D eigenvalue weighted by Crippen LogP contribution is 2.25. The summed E-state index contributed by atoms with van der Waals surface area (Å²) in [5.74, 6) is 0.0278. The van der Waals surface area contributed by atoms with Crippen molar-refractivity contribution in [3.63, 3.8) is 0 Å². The van der Waals surface area contributed by atoms with E-state index < -0.39 is 28.6 Å². The fraction of sp³-hybridized carbons (Fsp3) is 0.188. The van der Waals surface area contributed by atoms with Gasteiger partial charge in [0.25, 0.3) is 5.91 Å². The van der Waals surface area contributed by atoms with Crippen molar-refractivity contribution in [1.82, 2.24) is 5.48 Å². The van der Waals surface area contributed by atoms with Gasteiger partial charge in [-0.3, -0.25) is 14.3 Å². The Kier molecular flexibility index (Phi) is 5.97. The van der Waals surface area contributed by atoms with Crippen LogP contribution in [-0.4, -0.2) is 43.5 Å². The number of nitrogens with one attached hydrogen (secondary N) is 1. The normalized spacial score (nSPS) is 12.3. The van der Waals surface area contributed by atoms with E-state index in [0.717, 1.165) is 10.6 Å². The third-order valence-corrected chi connectivity index (χ3v) is 4.42. The van der Waals surface area contributed by atoms with Crippen LogP contribution < -0.4 is 14.5 Å². The van der Waals surface area contributed by atoms with Gasteiger partial charge in [0, 0.05) is 0 Å². The van der Waals surface area contributed by atoms with Gasteiger partial charge in [-0.25, -0.2) is 13.9 Å². The van der Waals surface area contributed by atoms with E-state index >= 15 is 0 Å². The molecule has 134 valence electrons. The summed E-state index contributed by atoms with van der Waals surface area (Å²) in [4.78, 5) is 11.2. The zero-order valence-electron chi connectivity index (χ0n) is 13.4. The summed E-state index contributed by atoms with van der Waals surface area (Å²) >= 11 is 0. The van der Waals surface area contributed by atoms with Gasteiger partial charge >= 0.3 is 0 Å². The monoisotopic (exact) mass is 366 g/mol. The van der Waals surface area contributed by atoms with Gasteiger partial charge in [-0.1, -0.05) is 18.2 Å². The van der Waals surface area contributed by atoms with Crippen molar-refractivity contribution in [2.45, 2.75) is 6.10 Å². The molecule has 0 heterocycles. The molecule has 2 aromatic rings. The number of hydroxylamine groups is 1. The van der Waals surface area contributed by atoms with Gasteiger partial charge in [0.1, 0.15) is 11.5 Å². The lowest BCUT2D eigenvalue weighted by molar-refractivity contribution is -0.137. The Balaban J connectivity index is 2.19. The van der Waals surface area contributed by atoms with Crippen LogP contribution in [0.2, 0.25) is 0 Å². The third kappa shape index (κ3) is 5.18. The van der Waals surface area contributed by atoms with Gasteiger partial charge in [0.2, 0.25) is 10.0 Å². The summed E-state index contributed by atoms with van der Waals surface area (Å²) in [5, 5.41) is 18.2. The van der Waals surface area contributed by atoms with Crippen molar-refractivity contribution >= 4 is 21.6 Å². The zero-order chi connectivity index (χ0) is 18.4. The highest BCUT2D eigenvalue weighted by Gasteiger charge is 2.25. The number of hydrogen-bond acceptors (Lipinski definition) is 6. The van der Waals surface area contributed by atoms with Gasteiger partial charge in [-0.15, -0.1) is 0 Å². The van der Waals surface area contributed by atoms with Crippen molar-refractivity contribution in [3.05, 3.63) is 54.6 Å². The SMILES string of the molecule is CS(=O)(=O)N(C[C@@H](O)C(=O)NO)c1ccc(Oc2ccccc2)cc1. The Hall–Kier alpha value is -2.62. The van der Waals surface area contributed by atoms with Crippen molar-refractivity contribution in [2.75, 3.05) is 17.1 Å². The molecule has 0 aliphatic rings. The second-order valence-corrected chi connectivity index (χ2v) is 7.10. The van der Waals surface area contributed by atoms with E-state index in [1.165, 1.54) is 17.6 Å². The first-order chi connectivity index (χ1) is 11.8. The van der Waals surface area contributed by atoms with Crippen molar-refractivity contribution in [1.29, 1.82) is 0 Å². The summed E-state index contributed by atoms with van der Waals surface area (Å²) in [6.45, 7) is -0.538. The van der Waals surface area contributed by atoms with E-state index in [9.17, 15) is 18.3 Å². The minimum atomic E-state index is -3.76. The molecule has 0 fully saturated rings. The number of carbonyl (C=O) groups excluding carboxylic acids is 1. The summed E-state index contributed by atoms with van der Waals surface area (Å²) < 4.78 is 30.4. The van der Waals surface area contributed by atoms with Gasteiger partial charge < -0.3 is 9.84 Å². The minimum Gasteiger partial charge on any atom is -0.457 e. The smallest absolute Gasteiger partial charge is 0.274 e. The number of anilines is 1. The Morgan fingerprint density at radius 3 is 2.20 bits per heavy atom. The average molecular weight is 366 g/mol. The molecule has 0 aromatic heterocycles. The number of aliphatic hydroxyl groups excluding tert-OH is 1. The maximum absolute atomic E-state index is 11.9. The minimum absolute atomic E-state index is 0.243. The predicted octanol–water partition coefficient (Wildman–Crippen LogP) is 1.11. The van der Waals surface area contributed by atoms with Crippen LogP contribution in [0.5, 0.6) is 11.5 Å². The maximum Gasteiger partial charge on any atom is 0.274 e. The van der Waals surface area contributed by atoms with Crippen LogP contribution in [0.4, 0.5) is 5.69 Å². The molecule has 1 amide bonds. The Morgan fingerprint density at radius 1 is 1.12 bits per heavy atom. The van der Waals surface area contributed by atoms with Crippen LogP contribution in [0, 0.1) is 0 Å². The molecule has 2 rings (SSSR count). The average Bonchev–Trinajstić information content (AvgIpc) is 2.59. The van der Waals surface area contributed by atoms with Gasteiger partial charge in [0.05, 0.1) is 18.5 Å². The predicted molar refractivity (Wildman–Crippen MR) is 91.1 cm³/mol. The highest BCUT2D eigenvalue weighted by molar-refractivity contribution is 7.92. The molecule has 1 atom stereocenters. The van der Waals surface area contributed by atoms with Crippen molar-refractivity contribution in [3.8, 4) is 11.5 Å². The van der Waals surface area contributed by atoms with Gasteiger partial charge in [-0.2, -0.15) is 0 Å². The van der Waals surface area contributed by atoms with Crippen molar-refractivity contribution in [2.24, 2.45) is 0 Å². The number of rotatable bonds is 7. The second-order valence-electron chi connectivity index (χ2n) is 5.19. The number of ether oxygens (including phenoxy) is 1. The molecule has 0 radical (unpaired) electrons. The molecule has 0 saturated carbocycles. The number of nitrogens with zero attached hydrogens (tertiary/aromatic N) is 1. The first kappa shape index (κ1) is 18.7. The van der Waals surface area contributed by atoms with Gasteiger partial charge in [0.15, 0.2) is 6.10 Å². The Bertz CT molecular complexity index is 808. The number of hydrogen-bond donors (Lipinski definition) is 3. The number of sulfonamides is 1. The Labute approximate surface area is 145 Å². The van der Waals surface area contributed by atoms with Crippen LogP contribution in [0.3, 0.4) is 0 Å². The standard InChI is InChI=1S/C16H18N2O6S/c1-25(22,23)18(11-15(19)16(20)17-21)12-7-9-14(10-8-12)24-13-5-3-2-4-6-13/h2-10,15,19,21H,11H2,1H3,(H,17,20)/t15-/m1/s1. The zero-order valence-corrected chi connectivity index (χ0v) is 14.2. The van der Waals surface area contributed by atoms with E-state index in [1.54, 1.807) is 24.3 Å².